The first-order chi connectivity index (χ1) is 6.70. The summed E-state index contributed by atoms with van der Waals surface area (Å²) in [6.07, 6.45) is 6.52. The molecule has 0 rings (SSSR count). The molecule has 0 saturated carbocycles. The molecule has 0 aliphatic heterocycles. The van der Waals surface area contributed by atoms with Crippen molar-refractivity contribution < 1.29 is 5.11 Å². The largest absolute Gasteiger partial charge is 0.401 e. The minimum absolute atomic E-state index is 0.232. The Morgan fingerprint density at radius 2 is 2.07 bits per heavy atom. The van der Waals surface area contributed by atoms with Crippen molar-refractivity contribution in [1.29, 1.82) is 0 Å². The second-order valence-corrected chi connectivity index (χ2v) is 3.48. The number of nitrogens with zero attached hydrogens (tertiary/aromatic N) is 1. The zero-order chi connectivity index (χ0) is 10.8. The van der Waals surface area contributed by atoms with Crippen molar-refractivity contribution in [3.05, 3.63) is 11.9 Å². The maximum absolute atomic E-state index is 8.58. The van der Waals surface area contributed by atoms with Gasteiger partial charge in [0, 0.05) is 25.0 Å². The Morgan fingerprint density at radius 3 is 2.64 bits per heavy atom. The second-order valence-electron chi connectivity index (χ2n) is 3.48. The molecular weight excluding hydrogens is 178 g/mol. The Kier molecular flexibility index (Phi) is 8.37. The summed E-state index contributed by atoms with van der Waals surface area (Å²) >= 11 is 0. The van der Waals surface area contributed by atoms with E-state index in [4.69, 9.17) is 16.7 Å². The number of rotatable bonds is 8. The van der Waals surface area contributed by atoms with Crippen molar-refractivity contribution in [2.75, 3.05) is 13.2 Å². The van der Waals surface area contributed by atoms with Gasteiger partial charge in [0.05, 0.1) is 0 Å². The molecule has 0 atom stereocenters. The highest BCUT2D eigenvalue weighted by Gasteiger charge is 1.95. The van der Waals surface area contributed by atoms with E-state index in [1.165, 1.54) is 0 Å². The summed E-state index contributed by atoms with van der Waals surface area (Å²) in [5.74, 6) is 5.69. The SMILES string of the molecule is CCCCN(N)/C=C(\N)CCCCO. The van der Waals surface area contributed by atoms with Crippen LogP contribution in [-0.2, 0) is 0 Å². The van der Waals surface area contributed by atoms with E-state index in [1.807, 2.05) is 0 Å². The minimum atomic E-state index is 0.232. The van der Waals surface area contributed by atoms with Crippen LogP contribution in [0.2, 0.25) is 0 Å². The summed E-state index contributed by atoms with van der Waals surface area (Å²) in [6.45, 7) is 3.20. The molecule has 0 amide bonds. The molecule has 5 N–H and O–H groups in total. The van der Waals surface area contributed by atoms with E-state index in [0.29, 0.717) is 0 Å². The summed E-state index contributed by atoms with van der Waals surface area (Å²) in [5.41, 5.74) is 6.53. The van der Waals surface area contributed by atoms with Crippen LogP contribution in [0.25, 0.3) is 0 Å². The Balaban J connectivity index is 3.61. The van der Waals surface area contributed by atoms with E-state index >= 15 is 0 Å². The minimum Gasteiger partial charge on any atom is -0.401 e. The molecule has 0 aromatic heterocycles. The van der Waals surface area contributed by atoms with Crippen LogP contribution in [0.1, 0.15) is 39.0 Å². The Bertz CT molecular complexity index is 159. The first-order valence-corrected chi connectivity index (χ1v) is 5.29. The number of allylic oxidation sites excluding steroid dienone is 1. The first-order valence-electron chi connectivity index (χ1n) is 5.29. The van der Waals surface area contributed by atoms with E-state index in [2.05, 4.69) is 6.92 Å². The van der Waals surface area contributed by atoms with Crippen LogP contribution >= 0.6 is 0 Å². The normalized spacial score (nSPS) is 11.8. The van der Waals surface area contributed by atoms with Gasteiger partial charge in [-0.3, -0.25) is 0 Å². The van der Waals surface area contributed by atoms with E-state index in [-0.39, 0.29) is 6.61 Å². The van der Waals surface area contributed by atoms with Gasteiger partial charge in [-0.15, -0.1) is 0 Å². The standard InChI is InChI=1S/C10H23N3O/c1-2-3-7-13(12)9-10(11)6-4-5-8-14/h9,14H,2-8,11-12H2,1H3/b10-9-. The van der Waals surface area contributed by atoms with Crippen LogP contribution in [0.15, 0.2) is 11.9 Å². The maximum Gasteiger partial charge on any atom is 0.0431 e. The number of nitrogens with two attached hydrogens (primary N) is 2. The van der Waals surface area contributed by atoms with Crippen molar-refractivity contribution in [3.63, 3.8) is 0 Å². The molecule has 0 aromatic carbocycles. The Labute approximate surface area is 86.5 Å². The van der Waals surface area contributed by atoms with Crippen LogP contribution in [0.5, 0.6) is 0 Å². The van der Waals surface area contributed by atoms with Gasteiger partial charge >= 0.3 is 0 Å². The lowest BCUT2D eigenvalue weighted by Crippen LogP contribution is -2.27. The van der Waals surface area contributed by atoms with Crippen molar-refractivity contribution >= 4 is 0 Å². The van der Waals surface area contributed by atoms with Crippen LogP contribution in [0, 0.1) is 0 Å². The number of aliphatic hydroxyl groups excluding tert-OH is 1. The van der Waals surface area contributed by atoms with Gasteiger partial charge in [0.1, 0.15) is 0 Å². The van der Waals surface area contributed by atoms with Crippen molar-refractivity contribution in [2.45, 2.75) is 39.0 Å². The first kappa shape index (κ1) is 13.3. The van der Waals surface area contributed by atoms with Crippen LogP contribution in [0.3, 0.4) is 0 Å². The number of hydrogen-bond acceptors (Lipinski definition) is 4. The Morgan fingerprint density at radius 1 is 1.36 bits per heavy atom. The predicted molar refractivity (Wildman–Crippen MR) is 59.0 cm³/mol. The zero-order valence-corrected chi connectivity index (χ0v) is 9.08. The lowest BCUT2D eigenvalue weighted by atomic mass is 10.2. The number of aliphatic hydroxyl groups is 1. The average molecular weight is 201 g/mol. The molecule has 0 radical (unpaired) electrons. The quantitative estimate of drug-likeness (QED) is 0.310. The summed E-state index contributed by atoms with van der Waals surface area (Å²) in [5, 5.41) is 10.2. The molecule has 0 fully saturated rings. The highest BCUT2D eigenvalue weighted by atomic mass is 16.2. The number of hydrazine groups is 1. The lowest BCUT2D eigenvalue weighted by Gasteiger charge is -2.14. The molecule has 84 valence electrons. The van der Waals surface area contributed by atoms with E-state index in [1.54, 1.807) is 11.2 Å². The van der Waals surface area contributed by atoms with Gasteiger partial charge in [-0.2, -0.15) is 0 Å². The summed E-state index contributed by atoms with van der Waals surface area (Å²) in [4.78, 5) is 0. The molecule has 0 heterocycles. The van der Waals surface area contributed by atoms with E-state index in [0.717, 1.165) is 44.3 Å². The second kappa shape index (κ2) is 8.84. The van der Waals surface area contributed by atoms with Gasteiger partial charge in [-0.05, 0) is 25.7 Å². The molecule has 0 aliphatic rings. The van der Waals surface area contributed by atoms with Crippen LogP contribution in [0.4, 0.5) is 0 Å². The summed E-state index contributed by atoms with van der Waals surface area (Å²) < 4.78 is 0. The lowest BCUT2D eigenvalue weighted by molar-refractivity contribution is 0.284. The molecule has 0 unspecified atom stereocenters. The predicted octanol–water partition coefficient (Wildman–Crippen LogP) is 0.925. The van der Waals surface area contributed by atoms with E-state index in [9.17, 15) is 0 Å². The molecule has 0 aliphatic carbocycles. The maximum atomic E-state index is 8.58. The van der Waals surface area contributed by atoms with Gasteiger partial charge in [0.25, 0.3) is 0 Å². The Hall–Kier alpha value is -0.740. The zero-order valence-electron chi connectivity index (χ0n) is 9.08. The summed E-state index contributed by atoms with van der Waals surface area (Å²) in [6, 6.07) is 0. The van der Waals surface area contributed by atoms with Crippen molar-refractivity contribution in [1.82, 2.24) is 5.01 Å². The van der Waals surface area contributed by atoms with Gasteiger partial charge in [0.2, 0.25) is 0 Å². The third-order valence-electron chi connectivity index (χ3n) is 1.98. The molecule has 0 bridgehead atoms. The fourth-order valence-corrected chi connectivity index (χ4v) is 1.12. The topological polar surface area (TPSA) is 75.5 Å². The highest BCUT2D eigenvalue weighted by molar-refractivity contribution is 4.94. The molecule has 4 nitrogen and oxygen atoms in total. The van der Waals surface area contributed by atoms with Gasteiger partial charge in [-0.25, -0.2) is 5.84 Å². The van der Waals surface area contributed by atoms with E-state index < -0.39 is 0 Å². The summed E-state index contributed by atoms with van der Waals surface area (Å²) in [7, 11) is 0. The molecule has 14 heavy (non-hydrogen) atoms. The van der Waals surface area contributed by atoms with Crippen molar-refractivity contribution in [3.8, 4) is 0 Å². The molecular formula is C10H23N3O. The number of hydrogen-bond donors (Lipinski definition) is 3. The van der Waals surface area contributed by atoms with Crippen LogP contribution < -0.4 is 11.6 Å². The molecule has 0 aromatic rings. The third-order valence-corrected chi connectivity index (χ3v) is 1.98. The fourth-order valence-electron chi connectivity index (χ4n) is 1.12. The highest BCUT2D eigenvalue weighted by Crippen LogP contribution is 2.02. The average Bonchev–Trinajstić information content (AvgIpc) is 2.15. The van der Waals surface area contributed by atoms with Gasteiger partial charge < -0.3 is 15.8 Å². The fraction of sp³-hybridized carbons (Fsp3) is 0.800. The van der Waals surface area contributed by atoms with Crippen molar-refractivity contribution in [2.24, 2.45) is 11.6 Å². The molecule has 0 spiro atoms. The third kappa shape index (κ3) is 7.89. The smallest absolute Gasteiger partial charge is 0.0431 e. The molecule has 4 heteroatoms. The van der Waals surface area contributed by atoms with Gasteiger partial charge in [0.15, 0.2) is 0 Å². The van der Waals surface area contributed by atoms with Gasteiger partial charge in [-0.1, -0.05) is 13.3 Å². The monoisotopic (exact) mass is 201 g/mol. The molecule has 0 saturated heterocycles. The number of unbranched alkanes of at least 4 members (excludes halogenated alkanes) is 2. The van der Waals surface area contributed by atoms with Crippen LogP contribution in [-0.4, -0.2) is 23.3 Å².